The Morgan fingerprint density at radius 2 is 2.45 bits per heavy atom. The van der Waals surface area contributed by atoms with Gasteiger partial charge in [-0.1, -0.05) is 6.07 Å². The minimum Gasteiger partial charge on any atom is -0.481 e. The van der Waals surface area contributed by atoms with Crippen LogP contribution in [0.25, 0.3) is 0 Å². The summed E-state index contributed by atoms with van der Waals surface area (Å²) < 4.78 is 18.4. The van der Waals surface area contributed by atoms with E-state index in [1.54, 1.807) is 19.1 Å². The molecule has 0 saturated carbocycles. The molecular formula is C15H21FN2O2. The molecule has 2 unspecified atom stereocenters. The lowest BCUT2D eigenvalue weighted by Crippen LogP contribution is -2.37. The van der Waals surface area contributed by atoms with Gasteiger partial charge in [-0.25, -0.2) is 4.39 Å². The summed E-state index contributed by atoms with van der Waals surface area (Å²) in [6, 6.07) is 5.81. The molecule has 0 aliphatic carbocycles. The maximum atomic E-state index is 13.0. The maximum absolute atomic E-state index is 13.0. The monoisotopic (exact) mass is 280 g/mol. The number of hydrogen-bond donors (Lipinski definition) is 2. The van der Waals surface area contributed by atoms with Crippen molar-refractivity contribution in [3.05, 3.63) is 30.1 Å². The van der Waals surface area contributed by atoms with Crippen molar-refractivity contribution in [1.82, 2.24) is 10.6 Å². The van der Waals surface area contributed by atoms with Gasteiger partial charge in [0.2, 0.25) is 0 Å². The van der Waals surface area contributed by atoms with E-state index < -0.39 is 6.10 Å². The molecule has 1 aromatic rings. The van der Waals surface area contributed by atoms with E-state index in [1.165, 1.54) is 18.6 Å². The van der Waals surface area contributed by atoms with Gasteiger partial charge in [-0.05, 0) is 50.9 Å². The van der Waals surface area contributed by atoms with Gasteiger partial charge in [0.1, 0.15) is 11.6 Å². The zero-order valence-corrected chi connectivity index (χ0v) is 11.7. The summed E-state index contributed by atoms with van der Waals surface area (Å²) >= 11 is 0. The van der Waals surface area contributed by atoms with Crippen LogP contribution in [0.2, 0.25) is 0 Å². The average Bonchev–Trinajstić information content (AvgIpc) is 2.91. The number of amides is 1. The van der Waals surface area contributed by atoms with Crippen molar-refractivity contribution in [1.29, 1.82) is 0 Å². The largest absolute Gasteiger partial charge is 0.481 e. The molecule has 1 amide bonds. The van der Waals surface area contributed by atoms with E-state index in [2.05, 4.69) is 10.6 Å². The molecule has 0 spiro atoms. The van der Waals surface area contributed by atoms with Crippen molar-refractivity contribution in [2.75, 3.05) is 19.6 Å². The SMILES string of the molecule is CC(Oc1cccc(F)c1)C(=O)NCCC1CCNC1. The van der Waals surface area contributed by atoms with Gasteiger partial charge in [0.05, 0.1) is 0 Å². The standard InChI is InChI=1S/C15H21FN2O2/c1-11(20-14-4-2-3-13(16)9-14)15(19)18-8-6-12-5-7-17-10-12/h2-4,9,11-12,17H,5-8,10H2,1H3,(H,18,19). The molecule has 0 radical (unpaired) electrons. The van der Waals surface area contributed by atoms with Crippen LogP contribution in [0.1, 0.15) is 19.8 Å². The Morgan fingerprint density at radius 1 is 1.60 bits per heavy atom. The van der Waals surface area contributed by atoms with Crippen LogP contribution in [0.5, 0.6) is 5.75 Å². The fourth-order valence-electron chi connectivity index (χ4n) is 2.30. The molecular weight excluding hydrogens is 259 g/mol. The van der Waals surface area contributed by atoms with Crippen molar-refractivity contribution >= 4 is 5.91 Å². The summed E-state index contributed by atoms with van der Waals surface area (Å²) in [5, 5.41) is 6.16. The Bertz CT molecular complexity index is 447. The predicted octanol–water partition coefficient (Wildman–Crippen LogP) is 1.71. The minimum atomic E-state index is -0.626. The summed E-state index contributed by atoms with van der Waals surface area (Å²) in [6.07, 6.45) is 1.52. The Kier molecular flexibility index (Phi) is 5.35. The highest BCUT2D eigenvalue weighted by molar-refractivity contribution is 5.80. The van der Waals surface area contributed by atoms with Crippen molar-refractivity contribution in [2.24, 2.45) is 5.92 Å². The van der Waals surface area contributed by atoms with Crippen LogP contribution in [-0.2, 0) is 4.79 Å². The molecule has 110 valence electrons. The molecule has 1 saturated heterocycles. The molecule has 4 nitrogen and oxygen atoms in total. The molecule has 0 aromatic heterocycles. The molecule has 1 aliphatic rings. The van der Waals surface area contributed by atoms with Crippen molar-refractivity contribution in [2.45, 2.75) is 25.9 Å². The normalized spacial score (nSPS) is 19.6. The topological polar surface area (TPSA) is 50.4 Å². The Hall–Kier alpha value is -1.62. The molecule has 1 aliphatic heterocycles. The number of benzene rings is 1. The molecule has 1 heterocycles. The highest BCUT2D eigenvalue weighted by Crippen LogP contribution is 2.14. The zero-order chi connectivity index (χ0) is 14.4. The number of carbonyl (C=O) groups excluding carboxylic acids is 1. The number of ether oxygens (including phenoxy) is 1. The quantitative estimate of drug-likeness (QED) is 0.834. The van der Waals surface area contributed by atoms with E-state index in [0.29, 0.717) is 18.2 Å². The first kappa shape index (κ1) is 14.8. The van der Waals surface area contributed by atoms with Gasteiger partial charge in [0.15, 0.2) is 6.10 Å². The van der Waals surface area contributed by atoms with E-state index in [4.69, 9.17) is 4.74 Å². The number of rotatable bonds is 6. The Morgan fingerprint density at radius 3 is 3.15 bits per heavy atom. The van der Waals surface area contributed by atoms with Crippen LogP contribution in [-0.4, -0.2) is 31.6 Å². The predicted molar refractivity (Wildman–Crippen MR) is 75.1 cm³/mol. The van der Waals surface area contributed by atoms with Gasteiger partial charge in [0, 0.05) is 12.6 Å². The third-order valence-electron chi connectivity index (χ3n) is 3.49. The molecule has 2 rings (SSSR count). The second kappa shape index (κ2) is 7.24. The van der Waals surface area contributed by atoms with Crippen LogP contribution in [0.4, 0.5) is 4.39 Å². The molecule has 2 atom stereocenters. The molecule has 2 N–H and O–H groups in total. The fourth-order valence-corrected chi connectivity index (χ4v) is 2.30. The van der Waals surface area contributed by atoms with Crippen LogP contribution in [0, 0.1) is 11.7 Å². The summed E-state index contributed by atoms with van der Waals surface area (Å²) in [6.45, 7) is 4.42. The third kappa shape index (κ3) is 4.49. The lowest BCUT2D eigenvalue weighted by Gasteiger charge is -2.15. The Labute approximate surface area is 118 Å². The van der Waals surface area contributed by atoms with Crippen LogP contribution < -0.4 is 15.4 Å². The summed E-state index contributed by atoms with van der Waals surface area (Å²) in [7, 11) is 0. The smallest absolute Gasteiger partial charge is 0.260 e. The molecule has 5 heteroatoms. The van der Waals surface area contributed by atoms with E-state index >= 15 is 0 Å². The van der Waals surface area contributed by atoms with Crippen LogP contribution >= 0.6 is 0 Å². The second-order valence-corrected chi connectivity index (χ2v) is 5.16. The summed E-state index contributed by atoms with van der Waals surface area (Å²) in [5.41, 5.74) is 0. The first-order valence-electron chi connectivity index (χ1n) is 7.06. The highest BCUT2D eigenvalue weighted by Gasteiger charge is 2.17. The lowest BCUT2D eigenvalue weighted by molar-refractivity contribution is -0.127. The number of carbonyl (C=O) groups is 1. The molecule has 0 bridgehead atoms. The van der Waals surface area contributed by atoms with Gasteiger partial charge in [-0.2, -0.15) is 0 Å². The molecule has 1 aromatic carbocycles. The molecule has 1 fully saturated rings. The van der Waals surface area contributed by atoms with E-state index in [9.17, 15) is 9.18 Å². The fraction of sp³-hybridized carbons (Fsp3) is 0.533. The summed E-state index contributed by atoms with van der Waals surface area (Å²) in [5.74, 6) is 0.478. The van der Waals surface area contributed by atoms with Gasteiger partial charge in [0.25, 0.3) is 5.91 Å². The minimum absolute atomic E-state index is 0.166. The second-order valence-electron chi connectivity index (χ2n) is 5.16. The van der Waals surface area contributed by atoms with Crippen LogP contribution in [0.15, 0.2) is 24.3 Å². The van der Waals surface area contributed by atoms with Gasteiger partial charge >= 0.3 is 0 Å². The zero-order valence-electron chi connectivity index (χ0n) is 11.7. The molecule has 20 heavy (non-hydrogen) atoms. The lowest BCUT2D eigenvalue weighted by atomic mass is 10.1. The Balaban J connectivity index is 1.71. The highest BCUT2D eigenvalue weighted by atomic mass is 19.1. The number of hydrogen-bond acceptors (Lipinski definition) is 3. The first-order chi connectivity index (χ1) is 9.65. The maximum Gasteiger partial charge on any atom is 0.260 e. The van der Waals surface area contributed by atoms with Crippen molar-refractivity contribution in [3.8, 4) is 5.75 Å². The van der Waals surface area contributed by atoms with E-state index in [0.717, 1.165) is 19.5 Å². The van der Waals surface area contributed by atoms with E-state index in [-0.39, 0.29) is 11.7 Å². The average molecular weight is 280 g/mol. The summed E-state index contributed by atoms with van der Waals surface area (Å²) in [4.78, 5) is 11.9. The van der Waals surface area contributed by atoms with Gasteiger partial charge in [-0.15, -0.1) is 0 Å². The van der Waals surface area contributed by atoms with Gasteiger partial charge < -0.3 is 15.4 Å². The number of nitrogens with one attached hydrogen (secondary N) is 2. The number of halogens is 1. The third-order valence-corrected chi connectivity index (χ3v) is 3.49. The van der Waals surface area contributed by atoms with Crippen molar-refractivity contribution < 1.29 is 13.9 Å². The van der Waals surface area contributed by atoms with Crippen LogP contribution in [0.3, 0.4) is 0 Å². The first-order valence-corrected chi connectivity index (χ1v) is 7.06. The van der Waals surface area contributed by atoms with Gasteiger partial charge in [-0.3, -0.25) is 4.79 Å². The van der Waals surface area contributed by atoms with E-state index in [1.807, 2.05) is 0 Å². The van der Waals surface area contributed by atoms with Crippen molar-refractivity contribution in [3.63, 3.8) is 0 Å².